The second-order valence-corrected chi connectivity index (χ2v) is 8.31. The van der Waals surface area contributed by atoms with E-state index in [1.165, 1.54) is 10.9 Å². The van der Waals surface area contributed by atoms with Gasteiger partial charge in [-0.15, -0.1) is 0 Å². The highest BCUT2D eigenvalue weighted by Crippen LogP contribution is 2.21. The lowest BCUT2D eigenvalue weighted by Gasteiger charge is -2.36. The van der Waals surface area contributed by atoms with E-state index in [9.17, 15) is 4.79 Å². The summed E-state index contributed by atoms with van der Waals surface area (Å²) in [5.74, 6) is 0.0748. The number of fused-ring (bicyclic) bond motifs is 1. The average molecular weight is 410 g/mol. The number of piperazine rings is 1. The third-order valence-corrected chi connectivity index (χ3v) is 6.06. The number of hydrogen-bond donors (Lipinski definition) is 2. The van der Waals surface area contributed by atoms with Crippen LogP contribution >= 0.6 is 0 Å². The van der Waals surface area contributed by atoms with Gasteiger partial charge in [0.1, 0.15) is 0 Å². The molecule has 0 saturated carbocycles. The van der Waals surface area contributed by atoms with E-state index in [4.69, 9.17) is 4.42 Å². The SMILES string of the molecule is CCCC(Cc1c[nH]c2ccccc12)NC(=O)c1cnc(N2CCN(C)[C@H](C)C2)o1. The van der Waals surface area contributed by atoms with Crippen molar-refractivity contribution in [3.63, 3.8) is 0 Å². The Labute approximate surface area is 177 Å². The fourth-order valence-electron chi connectivity index (χ4n) is 4.13. The van der Waals surface area contributed by atoms with E-state index in [2.05, 4.69) is 58.1 Å². The number of benzene rings is 1. The van der Waals surface area contributed by atoms with E-state index in [1.54, 1.807) is 6.20 Å². The van der Waals surface area contributed by atoms with Gasteiger partial charge in [0, 0.05) is 48.8 Å². The minimum Gasteiger partial charge on any atom is -0.418 e. The first-order valence-corrected chi connectivity index (χ1v) is 10.8. The summed E-state index contributed by atoms with van der Waals surface area (Å²) in [6, 6.07) is 9.25. The van der Waals surface area contributed by atoms with Crippen molar-refractivity contribution in [1.29, 1.82) is 0 Å². The molecule has 2 N–H and O–H groups in total. The van der Waals surface area contributed by atoms with Gasteiger partial charge in [-0.25, -0.2) is 4.98 Å². The van der Waals surface area contributed by atoms with Crippen LogP contribution in [0.5, 0.6) is 0 Å². The third-order valence-electron chi connectivity index (χ3n) is 6.06. The van der Waals surface area contributed by atoms with Crippen LogP contribution in [-0.4, -0.2) is 59.5 Å². The maximum absolute atomic E-state index is 12.9. The van der Waals surface area contributed by atoms with E-state index >= 15 is 0 Å². The van der Waals surface area contributed by atoms with Gasteiger partial charge in [-0.05, 0) is 38.4 Å². The molecule has 3 heterocycles. The summed E-state index contributed by atoms with van der Waals surface area (Å²) in [5.41, 5.74) is 2.34. The standard InChI is InChI=1S/C23H31N5O2/c1-4-7-18(12-17-13-24-20-9-6-5-8-19(17)20)26-22(29)21-14-25-23(30-21)28-11-10-27(3)16(2)15-28/h5-6,8-9,13-14,16,18,24H,4,7,10-12,15H2,1-3H3,(H,26,29)/t16-,18?/m1/s1. The van der Waals surface area contributed by atoms with E-state index in [0.717, 1.165) is 44.4 Å². The van der Waals surface area contributed by atoms with Crippen molar-refractivity contribution in [3.8, 4) is 0 Å². The molecule has 7 heteroatoms. The first-order valence-electron chi connectivity index (χ1n) is 10.8. The number of amides is 1. The molecule has 1 aromatic carbocycles. The number of hydrogen-bond acceptors (Lipinski definition) is 5. The molecule has 1 aliphatic heterocycles. The molecule has 30 heavy (non-hydrogen) atoms. The Hall–Kier alpha value is -2.80. The number of nitrogens with zero attached hydrogens (tertiary/aromatic N) is 3. The van der Waals surface area contributed by atoms with Crippen molar-refractivity contribution in [1.82, 2.24) is 20.2 Å². The zero-order chi connectivity index (χ0) is 21.1. The highest BCUT2D eigenvalue weighted by atomic mass is 16.4. The molecule has 2 atom stereocenters. The van der Waals surface area contributed by atoms with Gasteiger partial charge in [-0.1, -0.05) is 31.5 Å². The number of oxazole rings is 1. The molecule has 0 bridgehead atoms. The lowest BCUT2D eigenvalue weighted by molar-refractivity contribution is 0.0907. The molecule has 160 valence electrons. The largest absolute Gasteiger partial charge is 0.418 e. The highest BCUT2D eigenvalue weighted by molar-refractivity contribution is 5.91. The number of nitrogens with one attached hydrogen (secondary N) is 2. The van der Waals surface area contributed by atoms with Gasteiger partial charge in [0.25, 0.3) is 11.9 Å². The summed E-state index contributed by atoms with van der Waals surface area (Å²) in [6.07, 6.45) is 6.26. The molecule has 1 unspecified atom stereocenters. The average Bonchev–Trinajstić information content (AvgIpc) is 3.38. The van der Waals surface area contributed by atoms with E-state index in [-0.39, 0.29) is 17.7 Å². The zero-order valence-corrected chi connectivity index (χ0v) is 18.0. The summed E-state index contributed by atoms with van der Waals surface area (Å²) in [4.78, 5) is 25.0. The number of carbonyl (C=O) groups is 1. The maximum atomic E-state index is 12.9. The van der Waals surface area contributed by atoms with Gasteiger partial charge < -0.3 is 24.5 Å². The maximum Gasteiger partial charge on any atom is 0.298 e. The zero-order valence-electron chi connectivity index (χ0n) is 18.0. The van der Waals surface area contributed by atoms with Crippen molar-refractivity contribution < 1.29 is 9.21 Å². The molecule has 2 aromatic heterocycles. The van der Waals surface area contributed by atoms with E-state index in [0.29, 0.717) is 12.1 Å². The third kappa shape index (κ3) is 4.36. The molecule has 0 spiro atoms. The van der Waals surface area contributed by atoms with Gasteiger partial charge >= 0.3 is 0 Å². The predicted octanol–water partition coefficient (Wildman–Crippen LogP) is 3.44. The molecule has 0 aliphatic carbocycles. The minimum absolute atomic E-state index is 0.0407. The summed E-state index contributed by atoms with van der Waals surface area (Å²) >= 11 is 0. The molecule has 1 amide bonds. The lowest BCUT2D eigenvalue weighted by atomic mass is 10.0. The van der Waals surface area contributed by atoms with Crippen LogP contribution in [-0.2, 0) is 6.42 Å². The number of aromatic nitrogens is 2. The first-order chi connectivity index (χ1) is 14.5. The van der Waals surface area contributed by atoms with E-state index < -0.39 is 0 Å². The Morgan fingerprint density at radius 2 is 2.20 bits per heavy atom. The molecule has 0 radical (unpaired) electrons. The second kappa shape index (κ2) is 8.92. The van der Waals surface area contributed by atoms with E-state index in [1.807, 2.05) is 18.3 Å². The Morgan fingerprint density at radius 3 is 3.00 bits per heavy atom. The predicted molar refractivity (Wildman–Crippen MR) is 119 cm³/mol. The van der Waals surface area contributed by atoms with Gasteiger partial charge in [-0.2, -0.15) is 0 Å². The van der Waals surface area contributed by atoms with Crippen LogP contribution in [0.1, 0.15) is 42.8 Å². The van der Waals surface area contributed by atoms with Crippen molar-refractivity contribution >= 4 is 22.8 Å². The monoisotopic (exact) mass is 409 g/mol. The number of H-pyrrole nitrogens is 1. The van der Waals surface area contributed by atoms with Gasteiger partial charge in [0.05, 0.1) is 6.20 Å². The van der Waals surface area contributed by atoms with Crippen LogP contribution in [0.25, 0.3) is 10.9 Å². The summed E-state index contributed by atoms with van der Waals surface area (Å²) in [5, 5.41) is 4.36. The Bertz CT molecular complexity index is 994. The van der Waals surface area contributed by atoms with Crippen LogP contribution < -0.4 is 10.2 Å². The number of para-hydroxylation sites is 1. The first kappa shape index (κ1) is 20.5. The fourth-order valence-corrected chi connectivity index (χ4v) is 4.13. The summed E-state index contributed by atoms with van der Waals surface area (Å²) < 4.78 is 5.83. The Balaban J connectivity index is 1.43. The fraction of sp³-hybridized carbons (Fsp3) is 0.478. The molecule has 1 saturated heterocycles. The van der Waals surface area contributed by atoms with Crippen LogP contribution in [0.3, 0.4) is 0 Å². The molecule has 7 nitrogen and oxygen atoms in total. The molecular weight excluding hydrogens is 378 g/mol. The van der Waals surface area contributed by atoms with Gasteiger partial charge in [-0.3, -0.25) is 4.79 Å². The van der Waals surface area contributed by atoms with Crippen molar-refractivity contribution in [2.75, 3.05) is 31.6 Å². The number of aromatic amines is 1. The molecule has 1 aliphatic rings. The topological polar surface area (TPSA) is 77.4 Å². The lowest BCUT2D eigenvalue weighted by Crippen LogP contribution is -2.50. The quantitative estimate of drug-likeness (QED) is 0.625. The second-order valence-electron chi connectivity index (χ2n) is 8.31. The van der Waals surface area contributed by atoms with Crippen molar-refractivity contribution in [3.05, 3.63) is 48.0 Å². The summed E-state index contributed by atoms with van der Waals surface area (Å²) in [6.45, 7) is 6.96. The molecule has 4 rings (SSSR count). The van der Waals surface area contributed by atoms with Crippen LogP contribution in [0.15, 0.2) is 41.1 Å². The normalized spacial score (nSPS) is 18.6. The van der Waals surface area contributed by atoms with Crippen LogP contribution in [0.2, 0.25) is 0 Å². The number of anilines is 1. The van der Waals surface area contributed by atoms with Gasteiger partial charge in [0.15, 0.2) is 0 Å². The van der Waals surface area contributed by atoms with Crippen molar-refractivity contribution in [2.45, 2.75) is 45.2 Å². The van der Waals surface area contributed by atoms with Crippen LogP contribution in [0.4, 0.5) is 6.01 Å². The summed E-state index contributed by atoms with van der Waals surface area (Å²) in [7, 11) is 2.12. The number of carbonyl (C=O) groups excluding carboxylic acids is 1. The number of likely N-dealkylation sites (N-methyl/N-ethyl adjacent to an activating group) is 1. The Kier molecular flexibility index (Phi) is 6.08. The highest BCUT2D eigenvalue weighted by Gasteiger charge is 2.25. The smallest absolute Gasteiger partial charge is 0.298 e. The number of rotatable bonds is 7. The van der Waals surface area contributed by atoms with Crippen LogP contribution in [0, 0.1) is 0 Å². The minimum atomic E-state index is -0.200. The van der Waals surface area contributed by atoms with Gasteiger partial charge in [0.2, 0.25) is 5.76 Å². The molecular formula is C23H31N5O2. The molecule has 1 fully saturated rings. The van der Waals surface area contributed by atoms with Crippen molar-refractivity contribution in [2.24, 2.45) is 0 Å². The molecule has 3 aromatic rings. The Morgan fingerprint density at radius 1 is 1.37 bits per heavy atom.